The summed E-state index contributed by atoms with van der Waals surface area (Å²) in [6, 6.07) is 10.6. The number of aryl methyl sites for hydroxylation is 2. The van der Waals surface area contributed by atoms with Crippen LogP contribution in [0.2, 0.25) is 0 Å². The predicted molar refractivity (Wildman–Crippen MR) is 75.1 cm³/mol. The summed E-state index contributed by atoms with van der Waals surface area (Å²) in [5, 5.41) is 0. The zero-order valence-electron chi connectivity index (χ0n) is 11.2. The van der Waals surface area contributed by atoms with Crippen molar-refractivity contribution in [3.05, 3.63) is 58.9 Å². The third-order valence-corrected chi connectivity index (χ3v) is 2.80. The molecule has 2 nitrogen and oxygen atoms in total. The van der Waals surface area contributed by atoms with E-state index in [4.69, 9.17) is 10.5 Å². The van der Waals surface area contributed by atoms with E-state index in [0.717, 1.165) is 22.4 Å². The minimum Gasteiger partial charge on any atom is -0.457 e. The van der Waals surface area contributed by atoms with Crippen molar-refractivity contribution >= 4 is 0 Å². The highest BCUT2D eigenvalue weighted by Gasteiger charge is 2.04. The van der Waals surface area contributed by atoms with Gasteiger partial charge < -0.3 is 10.5 Å². The Morgan fingerprint density at radius 1 is 0.947 bits per heavy atom. The Balaban J connectivity index is 2.27. The summed E-state index contributed by atoms with van der Waals surface area (Å²) < 4.78 is 19.2. The lowest BCUT2D eigenvalue weighted by Crippen LogP contribution is -2.03. The van der Waals surface area contributed by atoms with Gasteiger partial charge >= 0.3 is 0 Å². The second-order valence-corrected chi connectivity index (χ2v) is 4.76. The number of halogens is 1. The van der Waals surface area contributed by atoms with Gasteiger partial charge in [0.2, 0.25) is 0 Å². The fraction of sp³-hybridized carbons (Fsp3) is 0.250. The van der Waals surface area contributed by atoms with Crippen LogP contribution in [0, 0.1) is 19.7 Å². The maximum atomic E-state index is 13.5. The van der Waals surface area contributed by atoms with Gasteiger partial charge in [0.15, 0.2) is 0 Å². The van der Waals surface area contributed by atoms with Crippen LogP contribution in [0.25, 0.3) is 0 Å². The molecule has 2 N–H and O–H groups in total. The lowest BCUT2D eigenvalue weighted by Gasteiger charge is -2.09. The number of nitrogens with two attached hydrogens (primary N) is 1. The van der Waals surface area contributed by atoms with Crippen LogP contribution < -0.4 is 10.5 Å². The van der Waals surface area contributed by atoms with E-state index in [1.807, 2.05) is 32.0 Å². The first-order chi connectivity index (χ1) is 9.06. The predicted octanol–water partition coefficient (Wildman–Crippen LogP) is 3.74. The van der Waals surface area contributed by atoms with Crippen LogP contribution in [-0.4, -0.2) is 6.54 Å². The maximum Gasteiger partial charge on any atom is 0.130 e. The zero-order valence-corrected chi connectivity index (χ0v) is 11.2. The molecule has 0 amide bonds. The average Bonchev–Trinajstić information content (AvgIpc) is 2.26. The molecule has 0 atom stereocenters. The summed E-state index contributed by atoms with van der Waals surface area (Å²) in [4.78, 5) is 0. The number of hydrogen-bond acceptors (Lipinski definition) is 2. The Hall–Kier alpha value is -1.87. The molecule has 0 aromatic heterocycles. The van der Waals surface area contributed by atoms with Gasteiger partial charge in [-0.25, -0.2) is 4.39 Å². The van der Waals surface area contributed by atoms with Crippen LogP contribution in [0.1, 0.15) is 16.7 Å². The molecular weight excluding hydrogens is 241 g/mol. The van der Waals surface area contributed by atoms with Crippen molar-refractivity contribution in [3.8, 4) is 11.5 Å². The van der Waals surface area contributed by atoms with Gasteiger partial charge in [-0.15, -0.1) is 0 Å². The van der Waals surface area contributed by atoms with Crippen molar-refractivity contribution in [2.45, 2.75) is 20.3 Å². The minimum atomic E-state index is -0.301. The number of rotatable bonds is 4. The van der Waals surface area contributed by atoms with Crippen LogP contribution in [-0.2, 0) is 6.42 Å². The van der Waals surface area contributed by atoms with Gasteiger partial charge in [0, 0.05) is 6.07 Å². The quantitative estimate of drug-likeness (QED) is 0.907. The molecule has 0 aliphatic carbocycles. The molecule has 2 aromatic rings. The molecule has 0 heterocycles. The third-order valence-electron chi connectivity index (χ3n) is 2.80. The molecule has 0 aliphatic heterocycles. The van der Waals surface area contributed by atoms with Gasteiger partial charge in [0.05, 0.1) is 0 Å². The summed E-state index contributed by atoms with van der Waals surface area (Å²) in [6.07, 6.45) is 0.640. The normalized spacial score (nSPS) is 10.5. The molecule has 0 bridgehead atoms. The van der Waals surface area contributed by atoms with E-state index >= 15 is 0 Å². The molecule has 100 valence electrons. The summed E-state index contributed by atoms with van der Waals surface area (Å²) in [7, 11) is 0. The number of hydrogen-bond donors (Lipinski definition) is 1. The van der Waals surface area contributed by atoms with Crippen LogP contribution in [0.15, 0.2) is 36.4 Å². The molecule has 0 aliphatic rings. The molecule has 0 radical (unpaired) electrons. The average molecular weight is 259 g/mol. The number of benzene rings is 2. The van der Waals surface area contributed by atoms with Gasteiger partial charge in [-0.1, -0.05) is 6.07 Å². The SMILES string of the molecule is Cc1cc(C)cc(Oc2cc(F)cc(CCN)c2)c1. The summed E-state index contributed by atoms with van der Waals surface area (Å²) in [6.45, 7) is 4.50. The van der Waals surface area contributed by atoms with Crippen molar-refractivity contribution in [1.29, 1.82) is 0 Å². The Morgan fingerprint density at radius 3 is 2.21 bits per heavy atom. The van der Waals surface area contributed by atoms with E-state index in [2.05, 4.69) is 6.07 Å². The van der Waals surface area contributed by atoms with Crippen molar-refractivity contribution < 1.29 is 9.13 Å². The lowest BCUT2D eigenvalue weighted by atomic mass is 10.1. The fourth-order valence-electron chi connectivity index (χ4n) is 2.12. The van der Waals surface area contributed by atoms with Gasteiger partial charge in [0.25, 0.3) is 0 Å². The summed E-state index contributed by atoms with van der Waals surface area (Å²) >= 11 is 0. The number of ether oxygens (including phenoxy) is 1. The monoisotopic (exact) mass is 259 g/mol. The molecule has 0 spiro atoms. The molecule has 2 rings (SSSR count). The highest BCUT2D eigenvalue weighted by molar-refractivity contribution is 5.38. The molecule has 2 aromatic carbocycles. The van der Waals surface area contributed by atoms with Crippen LogP contribution in [0.5, 0.6) is 11.5 Å². The van der Waals surface area contributed by atoms with Gasteiger partial charge in [0.1, 0.15) is 17.3 Å². The highest BCUT2D eigenvalue weighted by atomic mass is 19.1. The second-order valence-electron chi connectivity index (χ2n) is 4.76. The zero-order chi connectivity index (χ0) is 13.8. The van der Waals surface area contributed by atoms with E-state index in [0.29, 0.717) is 18.7 Å². The van der Waals surface area contributed by atoms with E-state index in [1.165, 1.54) is 12.1 Å². The minimum absolute atomic E-state index is 0.301. The maximum absolute atomic E-state index is 13.5. The van der Waals surface area contributed by atoms with Crippen molar-refractivity contribution in [2.75, 3.05) is 6.54 Å². The topological polar surface area (TPSA) is 35.2 Å². The Kier molecular flexibility index (Phi) is 4.17. The fourth-order valence-corrected chi connectivity index (χ4v) is 2.12. The van der Waals surface area contributed by atoms with Crippen molar-refractivity contribution in [2.24, 2.45) is 5.73 Å². The standard InChI is InChI=1S/C16H18FNO/c1-11-5-12(2)7-15(6-11)19-16-9-13(3-4-18)8-14(17)10-16/h5-10H,3-4,18H2,1-2H3. The molecule has 0 fully saturated rings. The van der Waals surface area contributed by atoms with Crippen molar-refractivity contribution in [1.82, 2.24) is 0 Å². The van der Waals surface area contributed by atoms with E-state index in [9.17, 15) is 4.39 Å². The Labute approximate surface area is 113 Å². The summed E-state index contributed by atoms with van der Waals surface area (Å²) in [5.41, 5.74) is 8.58. The smallest absolute Gasteiger partial charge is 0.130 e. The first-order valence-electron chi connectivity index (χ1n) is 6.32. The van der Waals surface area contributed by atoms with Gasteiger partial charge in [-0.3, -0.25) is 0 Å². The first kappa shape index (κ1) is 13.6. The molecule has 0 saturated carbocycles. The first-order valence-corrected chi connectivity index (χ1v) is 6.32. The van der Waals surface area contributed by atoms with Gasteiger partial charge in [-0.2, -0.15) is 0 Å². The lowest BCUT2D eigenvalue weighted by molar-refractivity contribution is 0.475. The molecule has 19 heavy (non-hydrogen) atoms. The second kappa shape index (κ2) is 5.85. The van der Waals surface area contributed by atoms with Crippen LogP contribution >= 0.6 is 0 Å². The molecule has 3 heteroatoms. The van der Waals surface area contributed by atoms with Crippen LogP contribution in [0.4, 0.5) is 4.39 Å². The molecular formula is C16H18FNO. The van der Waals surface area contributed by atoms with E-state index in [-0.39, 0.29) is 5.82 Å². The largest absolute Gasteiger partial charge is 0.457 e. The highest BCUT2D eigenvalue weighted by Crippen LogP contribution is 2.25. The Bertz CT molecular complexity index is 561. The summed E-state index contributed by atoms with van der Waals surface area (Å²) in [5.74, 6) is 0.931. The molecule has 0 unspecified atom stereocenters. The van der Waals surface area contributed by atoms with Crippen LogP contribution in [0.3, 0.4) is 0 Å². The third kappa shape index (κ3) is 3.80. The van der Waals surface area contributed by atoms with E-state index < -0.39 is 0 Å². The molecule has 0 saturated heterocycles. The van der Waals surface area contributed by atoms with E-state index in [1.54, 1.807) is 0 Å². The van der Waals surface area contributed by atoms with Gasteiger partial charge in [-0.05, 0) is 67.8 Å². The van der Waals surface area contributed by atoms with Crippen molar-refractivity contribution in [3.63, 3.8) is 0 Å². The Morgan fingerprint density at radius 2 is 1.58 bits per heavy atom.